The predicted octanol–water partition coefficient (Wildman–Crippen LogP) is 3.91. The topological polar surface area (TPSA) is 75.6 Å². The molecule has 25 heavy (non-hydrogen) atoms. The fraction of sp³-hybridized carbons (Fsp3) is 0.300. The van der Waals surface area contributed by atoms with Crippen LogP contribution in [0.2, 0.25) is 0 Å². The first-order valence-corrected chi connectivity index (χ1v) is 8.02. The lowest BCUT2D eigenvalue weighted by Crippen LogP contribution is -2.33. The van der Waals surface area contributed by atoms with Crippen molar-refractivity contribution in [2.24, 2.45) is 5.41 Å². The molecule has 0 radical (unpaired) electrons. The van der Waals surface area contributed by atoms with Crippen LogP contribution in [0.3, 0.4) is 0 Å². The van der Waals surface area contributed by atoms with E-state index in [2.05, 4.69) is 5.32 Å². The quantitative estimate of drug-likeness (QED) is 0.835. The molecule has 2 N–H and O–H groups in total. The normalized spacial score (nSPS) is 11.0. The van der Waals surface area contributed by atoms with E-state index in [1.165, 1.54) is 12.1 Å². The molecule has 1 amide bonds. The summed E-state index contributed by atoms with van der Waals surface area (Å²) in [7, 11) is 1.60. The van der Waals surface area contributed by atoms with E-state index in [9.17, 15) is 9.59 Å². The summed E-state index contributed by atoms with van der Waals surface area (Å²) in [4.78, 5) is 23.9. The predicted molar refractivity (Wildman–Crippen MR) is 97.2 cm³/mol. The maximum Gasteiger partial charge on any atom is 0.335 e. The standard InChI is InChI=1S/C20H23NO4/c1-13-9-10-14(18(22)23)11-16(13)21-19(24)20(2,3)12-15-7-5-6-8-17(15)25-4/h5-11H,12H2,1-4H3,(H,21,24)(H,22,23). The van der Waals surface area contributed by atoms with Gasteiger partial charge in [-0.05, 0) is 42.7 Å². The van der Waals surface area contributed by atoms with Crippen molar-refractivity contribution >= 4 is 17.6 Å². The second kappa shape index (κ2) is 7.38. The summed E-state index contributed by atoms with van der Waals surface area (Å²) in [6.45, 7) is 5.53. The molecule has 0 atom stereocenters. The third-order valence-corrected chi connectivity index (χ3v) is 4.17. The lowest BCUT2D eigenvalue weighted by atomic mass is 9.84. The number of methoxy groups -OCH3 is 1. The van der Waals surface area contributed by atoms with Gasteiger partial charge in [0, 0.05) is 11.1 Å². The Morgan fingerprint density at radius 2 is 1.84 bits per heavy atom. The molecule has 0 aliphatic carbocycles. The number of benzene rings is 2. The average molecular weight is 341 g/mol. The summed E-state index contributed by atoms with van der Waals surface area (Å²) in [5, 5.41) is 12.0. The highest BCUT2D eigenvalue weighted by Gasteiger charge is 2.29. The summed E-state index contributed by atoms with van der Waals surface area (Å²) in [6.07, 6.45) is 0.501. The summed E-state index contributed by atoms with van der Waals surface area (Å²) in [5.41, 5.74) is 1.72. The Balaban J connectivity index is 2.21. The number of carbonyl (C=O) groups is 2. The lowest BCUT2D eigenvalue weighted by molar-refractivity contribution is -0.123. The van der Waals surface area contributed by atoms with Crippen LogP contribution < -0.4 is 10.1 Å². The molecule has 0 unspecified atom stereocenters. The molecule has 0 saturated carbocycles. The number of rotatable bonds is 6. The number of ether oxygens (including phenoxy) is 1. The molecule has 0 aliphatic heterocycles. The van der Waals surface area contributed by atoms with Crippen molar-refractivity contribution in [3.63, 3.8) is 0 Å². The average Bonchev–Trinajstić information content (AvgIpc) is 2.56. The van der Waals surface area contributed by atoms with Crippen LogP contribution in [0.15, 0.2) is 42.5 Å². The van der Waals surface area contributed by atoms with Crippen molar-refractivity contribution in [2.45, 2.75) is 27.2 Å². The van der Waals surface area contributed by atoms with Crippen molar-refractivity contribution in [2.75, 3.05) is 12.4 Å². The zero-order chi connectivity index (χ0) is 18.6. The van der Waals surface area contributed by atoms with Gasteiger partial charge >= 0.3 is 5.97 Å². The maximum absolute atomic E-state index is 12.8. The monoisotopic (exact) mass is 341 g/mol. The van der Waals surface area contributed by atoms with E-state index in [1.807, 2.05) is 45.0 Å². The minimum absolute atomic E-state index is 0.142. The van der Waals surface area contributed by atoms with Gasteiger partial charge in [-0.1, -0.05) is 38.1 Å². The summed E-state index contributed by atoms with van der Waals surface area (Å²) in [6, 6.07) is 12.3. The van der Waals surface area contributed by atoms with Gasteiger partial charge in [0.1, 0.15) is 5.75 Å². The number of para-hydroxylation sites is 1. The van der Waals surface area contributed by atoms with Crippen LogP contribution in [0.5, 0.6) is 5.75 Å². The fourth-order valence-electron chi connectivity index (χ4n) is 2.59. The molecule has 0 saturated heterocycles. The molecular weight excluding hydrogens is 318 g/mol. The van der Waals surface area contributed by atoms with Crippen molar-refractivity contribution in [1.82, 2.24) is 0 Å². The summed E-state index contributed by atoms with van der Waals surface area (Å²) in [5.74, 6) is -0.458. The van der Waals surface area contributed by atoms with Gasteiger partial charge in [0.15, 0.2) is 0 Å². The van der Waals surface area contributed by atoms with Crippen molar-refractivity contribution in [3.8, 4) is 5.75 Å². The molecule has 0 aromatic heterocycles. The first kappa shape index (κ1) is 18.5. The Morgan fingerprint density at radius 1 is 1.16 bits per heavy atom. The van der Waals surface area contributed by atoms with E-state index in [4.69, 9.17) is 9.84 Å². The zero-order valence-electron chi connectivity index (χ0n) is 14.9. The van der Waals surface area contributed by atoms with Crippen LogP contribution in [0, 0.1) is 12.3 Å². The number of aryl methyl sites for hydroxylation is 1. The van der Waals surface area contributed by atoms with Gasteiger partial charge in [-0.15, -0.1) is 0 Å². The van der Waals surface area contributed by atoms with Gasteiger partial charge in [-0.3, -0.25) is 4.79 Å². The third-order valence-electron chi connectivity index (χ3n) is 4.17. The van der Waals surface area contributed by atoms with Gasteiger partial charge in [-0.25, -0.2) is 4.79 Å². The highest BCUT2D eigenvalue weighted by atomic mass is 16.5. The molecule has 2 rings (SSSR count). The van der Waals surface area contributed by atoms with Crippen molar-refractivity contribution < 1.29 is 19.4 Å². The Morgan fingerprint density at radius 3 is 2.48 bits per heavy atom. The van der Waals surface area contributed by atoms with Crippen LogP contribution in [-0.4, -0.2) is 24.1 Å². The summed E-state index contributed by atoms with van der Waals surface area (Å²) >= 11 is 0. The molecule has 5 heteroatoms. The SMILES string of the molecule is COc1ccccc1CC(C)(C)C(=O)Nc1cc(C(=O)O)ccc1C. The molecule has 132 valence electrons. The minimum Gasteiger partial charge on any atom is -0.496 e. The highest BCUT2D eigenvalue weighted by molar-refractivity contribution is 5.97. The number of aromatic carboxylic acids is 1. The molecule has 5 nitrogen and oxygen atoms in total. The fourth-order valence-corrected chi connectivity index (χ4v) is 2.59. The number of hydrogen-bond donors (Lipinski definition) is 2. The van der Waals surface area contributed by atoms with E-state index < -0.39 is 11.4 Å². The lowest BCUT2D eigenvalue weighted by Gasteiger charge is -2.25. The zero-order valence-corrected chi connectivity index (χ0v) is 14.9. The van der Waals surface area contributed by atoms with Gasteiger partial charge in [0.2, 0.25) is 5.91 Å². The van der Waals surface area contributed by atoms with Crippen LogP contribution in [0.4, 0.5) is 5.69 Å². The summed E-state index contributed by atoms with van der Waals surface area (Å²) < 4.78 is 5.35. The first-order chi connectivity index (χ1) is 11.7. The van der Waals surface area contributed by atoms with Crippen molar-refractivity contribution in [1.29, 1.82) is 0 Å². The Kier molecular flexibility index (Phi) is 5.47. The Labute approximate surface area is 147 Å². The van der Waals surface area contributed by atoms with E-state index >= 15 is 0 Å². The van der Waals surface area contributed by atoms with Gasteiger partial charge in [0.25, 0.3) is 0 Å². The molecule has 0 aliphatic rings. The molecule has 0 bridgehead atoms. The molecule has 0 spiro atoms. The maximum atomic E-state index is 12.8. The number of nitrogens with one attached hydrogen (secondary N) is 1. The number of carboxylic acid groups (broad SMARTS) is 1. The molecule has 2 aromatic rings. The van der Waals surface area contributed by atoms with Gasteiger partial charge in [-0.2, -0.15) is 0 Å². The smallest absolute Gasteiger partial charge is 0.335 e. The number of amides is 1. The van der Waals surface area contributed by atoms with E-state index in [-0.39, 0.29) is 11.5 Å². The number of carbonyl (C=O) groups excluding carboxylic acids is 1. The van der Waals surface area contributed by atoms with Crippen LogP contribution in [-0.2, 0) is 11.2 Å². The molecule has 0 heterocycles. The van der Waals surface area contributed by atoms with Gasteiger partial charge < -0.3 is 15.2 Å². The number of hydrogen-bond acceptors (Lipinski definition) is 3. The Hall–Kier alpha value is -2.82. The number of carboxylic acids is 1. The van der Waals surface area contributed by atoms with Crippen LogP contribution in [0.1, 0.15) is 35.3 Å². The molecule has 2 aromatic carbocycles. The third kappa shape index (κ3) is 4.38. The molecule has 0 fully saturated rings. The second-order valence-corrected chi connectivity index (χ2v) is 6.66. The highest BCUT2D eigenvalue weighted by Crippen LogP contribution is 2.29. The molecular formula is C20H23NO4. The van der Waals surface area contributed by atoms with Crippen LogP contribution >= 0.6 is 0 Å². The number of anilines is 1. The Bertz CT molecular complexity index is 796. The van der Waals surface area contributed by atoms with E-state index in [1.54, 1.807) is 13.2 Å². The first-order valence-electron chi connectivity index (χ1n) is 8.02. The van der Waals surface area contributed by atoms with E-state index in [0.29, 0.717) is 12.1 Å². The van der Waals surface area contributed by atoms with Crippen LogP contribution in [0.25, 0.3) is 0 Å². The van der Waals surface area contributed by atoms with Gasteiger partial charge in [0.05, 0.1) is 12.7 Å². The second-order valence-electron chi connectivity index (χ2n) is 6.66. The van der Waals surface area contributed by atoms with Crippen molar-refractivity contribution in [3.05, 3.63) is 59.2 Å². The van der Waals surface area contributed by atoms with E-state index in [0.717, 1.165) is 16.9 Å². The largest absolute Gasteiger partial charge is 0.496 e. The minimum atomic E-state index is -1.02.